The van der Waals surface area contributed by atoms with Crippen LogP contribution >= 0.6 is 0 Å². The normalized spacial score (nSPS) is 13.9. The number of carbonyl (C=O) groups excluding carboxylic acids is 1. The van der Waals surface area contributed by atoms with Gasteiger partial charge in [-0.2, -0.15) is 0 Å². The molecule has 0 saturated heterocycles. The van der Waals surface area contributed by atoms with Gasteiger partial charge in [-0.25, -0.2) is 4.79 Å². The Kier molecular flexibility index (Phi) is 4.11. The lowest BCUT2D eigenvalue weighted by atomic mass is 10.1. The number of hydrogen-bond donors (Lipinski definition) is 2. The molecule has 1 aliphatic heterocycles. The Bertz CT molecular complexity index is 575. The van der Waals surface area contributed by atoms with E-state index in [2.05, 4.69) is 11.2 Å². The predicted octanol–water partition coefficient (Wildman–Crippen LogP) is 0.664. The highest BCUT2D eigenvalue weighted by Gasteiger charge is 2.24. The number of para-hydroxylation sites is 1. The lowest BCUT2D eigenvalue weighted by molar-refractivity contribution is -0.139. The number of benzene rings is 1. The van der Waals surface area contributed by atoms with Gasteiger partial charge in [0.15, 0.2) is 11.5 Å². The third-order valence-corrected chi connectivity index (χ3v) is 2.74. The molecule has 0 radical (unpaired) electrons. The largest absolute Gasteiger partial charge is 0.486 e. The molecule has 1 aromatic rings. The number of carbonyl (C=O) groups is 2. The lowest BCUT2D eigenvalue weighted by Gasteiger charge is -2.21. The fourth-order valence-electron chi connectivity index (χ4n) is 1.81. The monoisotopic (exact) mass is 275 g/mol. The minimum Gasteiger partial charge on any atom is -0.486 e. The smallest absolute Gasteiger partial charge is 0.327 e. The molecule has 2 rings (SSSR count). The van der Waals surface area contributed by atoms with Crippen molar-refractivity contribution in [2.45, 2.75) is 12.5 Å². The van der Waals surface area contributed by atoms with Gasteiger partial charge in [0.1, 0.15) is 19.3 Å². The van der Waals surface area contributed by atoms with Gasteiger partial charge in [-0.1, -0.05) is 6.07 Å². The van der Waals surface area contributed by atoms with Crippen molar-refractivity contribution >= 4 is 11.9 Å². The highest BCUT2D eigenvalue weighted by atomic mass is 16.6. The molecular formula is C14H13NO5. The third-order valence-electron chi connectivity index (χ3n) is 2.74. The molecule has 0 spiro atoms. The lowest BCUT2D eigenvalue weighted by Crippen LogP contribution is -2.40. The number of rotatable bonds is 4. The summed E-state index contributed by atoms with van der Waals surface area (Å²) in [4.78, 5) is 23.1. The molecular weight excluding hydrogens is 262 g/mol. The highest BCUT2D eigenvalue weighted by molar-refractivity contribution is 5.99. The van der Waals surface area contributed by atoms with Gasteiger partial charge in [-0.15, -0.1) is 12.3 Å². The van der Waals surface area contributed by atoms with Crippen molar-refractivity contribution in [2.75, 3.05) is 13.2 Å². The highest BCUT2D eigenvalue weighted by Crippen LogP contribution is 2.33. The summed E-state index contributed by atoms with van der Waals surface area (Å²) in [7, 11) is 0. The first-order chi connectivity index (χ1) is 9.63. The molecule has 1 unspecified atom stereocenters. The number of hydrogen-bond acceptors (Lipinski definition) is 4. The van der Waals surface area contributed by atoms with E-state index < -0.39 is 17.9 Å². The number of ether oxygens (including phenoxy) is 2. The van der Waals surface area contributed by atoms with Gasteiger partial charge in [0, 0.05) is 6.42 Å². The molecule has 20 heavy (non-hydrogen) atoms. The van der Waals surface area contributed by atoms with E-state index in [0.29, 0.717) is 24.7 Å². The SMILES string of the molecule is C#CCC(NC(=O)c1cccc2c1OCCO2)C(=O)O. The van der Waals surface area contributed by atoms with Crippen LogP contribution < -0.4 is 14.8 Å². The Morgan fingerprint density at radius 1 is 1.40 bits per heavy atom. The zero-order chi connectivity index (χ0) is 14.5. The Balaban J connectivity index is 2.21. The zero-order valence-corrected chi connectivity index (χ0v) is 10.6. The molecule has 1 amide bonds. The third kappa shape index (κ3) is 2.83. The molecule has 0 aliphatic carbocycles. The van der Waals surface area contributed by atoms with Crippen LogP contribution in [0, 0.1) is 12.3 Å². The van der Waals surface area contributed by atoms with Gasteiger partial charge >= 0.3 is 5.97 Å². The number of terminal acetylenes is 1. The summed E-state index contributed by atoms with van der Waals surface area (Å²) in [6, 6.07) is 3.73. The van der Waals surface area contributed by atoms with Gasteiger partial charge in [-0.3, -0.25) is 4.79 Å². The van der Waals surface area contributed by atoms with Crippen molar-refractivity contribution in [1.29, 1.82) is 0 Å². The van der Waals surface area contributed by atoms with Crippen molar-refractivity contribution in [3.05, 3.63) is 23.8 Å². The maximum Gasteiger partial charge on any atom is 0.327 e. The molecule has 104 valence electrons. The zero-order valence-electron chi connectivity index (χ0n) is 10.6. The average molecular weight is 275 g/mol. The number of aliphatic carboxylic acids is 1. The van der Waals surface area contributed by atoms with Gasteiger partial charge in [0.25, 0.3) is 5.91 Å². The van der Waals surface area contributed by atoms with Crippen molar-refractivity contribution in [2.24, 2.45) is 0 Å². The van der Waals surface area contributed by atoms with E-state index in [-0.39, 0.29) is 12.0 Å². The molecule has 1 heterocycles. The minimum atomic E-state index is -1.18. The standard InChI is InChI=1S/C14H13NO5/c1-2-4-10(14(17)18)15-13(16)9-5-3-6-11-12(9)20-8-7-19-11/h1,3,5-6,10H,4,7-8H2,(H,15,16)(H,17,18). The van der Waals surface area contributed by atoms with E-state index in [4.69, 9.17) is 21.0 Å². The van der Waals surface area contributed by atoms with Gasteiger partial charge in [0.2, 0.25) is 0 Å². The first kappa shape index (κ1) is 13.7. The molecule has 1 aromatic carbocycles. The minimum absolute atomic E-state index is 0.0898. The van der Waals surface area contributed by atoms with E-state index in [1.807, 2.05) is 0 Å². The van der Waals surface area contributed by atoms with E-state index in [1.54, 1.807) is 12.1 Å². The van der Waals surface area contributed by atoms with Crippen LogP contribution in [0.2, 0.25) is 0 Å². The molecule has 0 fully saturated rings. The van der Waals surface area contributed by atoms with Crippen LogP contribution in [0.5, 0.6) is 11.5 Å². The van der Waals surface area contributed by atoms with Crippen molar-refractivity contribution < 1.29 is 24.2 Å². The first-order valence-electron chi connectivity index (χ1n) is 5.99. The van der Waals surface area contributed by atoms with Crippen molar-refractivity contribution in [1.82, 2.24) is 5.32 Å². The number of nitrogens with one attached hydrogen (secondary N) is 1. The summed E-state index contributed by atoms with van der Waals surface area (Å²) in [6.45, 7) is 0.747. The number of fused-ring (bicyclic) bond motifs is 1. The second kappa shape index (κ2) is 5.97. The van der Waals surface area contributed by atoms with Gasteiger partial charge in [-0.05, 0) is 12.1 Å². The van der Waals surface area contributed by atoms with Gasteiger partial charge in [0.05, 0.1) is 5.56 Å². The Morgan fingerprint density at radius 2 is 2.15 bits per heavy atom. The van der Waals surface area contributed by atoms with Crippen LogP contribution in [-0.4, -0.2) is 36.2 Å². The molecule has 6 heteroatoms. The fraction of sp³-hybridized carbons (Fsp3) is 0.286. The van der Waals surface area contributed by atoms with Crippen LogP contribution in [0.25, 0.3) is 0 Å². The molecule has 0 bridgehead atoms. The summed E-state index contributed by atoms with van der Waals surface area (Å²) in [5.41, 5.74) is 0.227. The summed E-state index contributed by atoms with van der Waals surface area (Å²) < 4.78 is 10.8. The van der Waals surface area contributed by atoms with Crippen LogP contribution in [0.3, 0.4) is 0 Å². The molecule has 6 nitrogen and oxygen atoms in total. The summed E-state index contributed by atoms with van der Waals surface area (Å²) in [5, 5.41) is 11.3. The second-order valence-corrected chi connectivity index (χ2v) is 4.10. The van der Waals surface area contributed by atoms with Crippen molar-refractivity contribution in [3.63, 3.8) is 0 Å². The molecule has 0 aromatic heterocycles. The molecule has 1 aliphatic rings. The van der Waals surface area contributed by atoms with Gasteiger partial charge < -0.3 is 19.9 Å². The maximum atomic E-state index is 12.1. The van der Waals surface area contributed by atoms with Crippen LogP contribution in [0.15, 0.2) is 18.2 Å². The van der Waals surface area contributed by atoms with E-state index >= 15 is 0 Å². The van der Waals surface area contributed by atoms with Crippen molar-refractivity contribution in [3.8, 4) is 23.8 Å². The summed E-state index contributed by atoms with van der Waals surface area (Å²) in [6.07, 6.45) is 4.99. The Morgan fingerprint density at radius 3 is 2.85 bits per heavy atom. The van der Waals surface area contributed by atoms with Crippen LogP contribution in [-0.2, 0) is 4.79 Å². The quantitative estimate of drug-likeness (QED) is 0.789. The topological polar surface area (TPSA) is 84.9 Å². The van der Waals surface area contributed by atoms with Crippen LogP contribution in [0.1, 0.15) is 16.8 Å². The van der Waals surface area contributed by atoms with E-state index in [0.717, 1.165) is 0 Å². The summed E-state index contributed by atoms with van der Waals surface area (Å²) >= 11 is 0. The Hall–Kier alpha value is -2.68. The molecule has 0 saturated carbocycles. The fourth-order valence-corrected chi connectivity index (χ4v) is 1.81. The Labute approximate surface area is 115 Å². The number of carboxylic acid groups (broad SMARTS) is 1. The number of amides is 1. The first-order valence-corrected chi connectivity index (χ1v) is 5.99. The average Bonchev–Trinajstić information content (AvgIpc) is 2.46. The summed E-state index contributed by atoms with van der Waals surface area (Å²) in [5.74, 6) is 1.26. The molecule has 1 atom stereocenters. The number of carboxylic acids is 1. The molecule has 2 N–H and O–H groups in total. The van der Waals surface area contributed by atoms with E-state index in [1.165, 1.54) is 6.07 Å². The van der Waals surface area contributed by atoms with Crippen LogP contribution in [0.4, 0.5) is 0 Å². The van der Waals surface area contributed by atoms with E-state index in [9.17, 15) is 9.59 Å². The second-order valence-electron chi connectivity index (χ2n) is 4.10. The maximum absolute atomic E-state index is 12.1. The predicted molar refractivity (Wildman–Crippen MR) is 69.8 cm³/mol.